The third-order valence-electron chi connectivity index (χ3n) is 2.65. The average molecular weight is 329 g/mol. The van der Waals surface area contributed by atoms with Gasteiger partial charge in [-0.3, -0.25) is 4.79 Å². The number of allylic oxidation sites excluding steroid dienone is 1. The van der Waals surface area contributed by atoms with Crippen molar-refractivity contribution in [3.05, 3.63) is 29.8 Å². The van der Waals surface area contributed by atoms with Gasteiger partial charge in [0.15, 0.2) is 18.1 Å². The van der Waals surface area contributed by atoms with Crippen molar-refractivity contribution in [1.82, 2.24) is 5.32 Å². The van der Waals surface area contributed by atoms with Crippen molar-refractivity contribution in [2.75, 3.05) is 20.3 Å². The van der Waals surface area contributed by atoms with Crippen LogP contribution in [0, 0.1) is 0 Å². The number of halogens is 1. The van der Waals surface area contributed by atoms with Crippen LogP contribution in [0.3, 0.4) is 0 Å². The van der Waals surface area contributed by atoms with Gasteiger partial charge >= 0.3 is 0 Å². The van der Waals surface area contributed by atoms with Crippen LogP contribution in [0.1, 0.15) is 26.3 Å². The second-order valence-electron chi connectivity index (χ2n) is 5.46. The summed E-state index contributed by atoms with van der Waals surface area (Å²) in [5, 5.41) is 2.72. The number of amides is 1. The van der Waals surface area contributed by atoms with E-state index in [1.807, 2.05) is 45.1 Å². The molecule has 6 heteroatoms. The van der Waals surface area contributed by atoms with Gasteiger partial charge in [-0.25, -0.2) is 0 Å². The van der Waals surface area contributed by atoms with Crippen LogP contribution >= 0.6 is 12.4 Å². The monoisotopic (exact) mass is 328 g/mol. The first-order valence-electron chi connectivity index (χ1n) is 6.85. The van der Waals surface area contributed by atoms with Crippen LogP contribution in [0.25, 0.3) is 6.08 Å². The molecule has 0 unspecified atom stereocenters. The summed E-state index contributed by atoms with van der Waals surface area (Å²) in [6.45, 7) is 5.95. The molecule has 0 aliphatic heterocycles. The lowest BCUT2D eigenvalue weighted by Gasteiger charge is -2.19. The molecule has 0 aliphatic carbocycles. The van der Waals surface area contributed by atoms with Crippen LogP contribution in [0.4, 0.5) is 0 Å². The maximum Gasteiger partial charge on any atom is 0.258 e. The van der Waals surface area contributed by atoms with E-state index >= 15 is 0 Å². The van der Waals surface area contributed by atoms with E-state index in [1.54, 1.807) is 13.2 Å². The number of hydrogen-bond acceptors (Lipinski definition) is 4. The van der Waals surface area contributed by atoms with Gasteiger partial charge in [0.05, 0.1) is 7.11 Å². The third kappa shape index (κ3) is 7.33. The van der Waals surface area contributed by atoms with E-state index in [0.717, 1.165) is 5.56 Å². The molecule has 1 amide bonds. The number of carbonyl (C=O) groups excluding carboxylic acids is 1. The zero-order chi connectivity index (χ0) is 15.9. The van der Waals surface area contributed by atoms with Crippen molar-refractivity contribution in [2.24, 2.45) is 5.73 Å². The van der Waals surface area contributed by atoms with E-state index in [4.69, 9.17) is 15.2 Å². The molecule has 5 nitrogen and oxygen atoms in total. The molecule has 22 heavy (non-hydrogen) atoms. The molecule has 1 aromatic rings. The van der Waals surface area contributed by atoms with Crippen molar-refractivity contribution in [3.63, 3.8) is 0 Å². The molecule has 0 heterocycles. The highest BCUT2D eigenvalue weighted by molar-refractivity contribution is 5.85. The van der Waals surface area contributed by atoms with E-state index < -0.39 is 5.54 Å². The largest absolute Gasteiger partial charge is 0.493 e. The van der Waals surface area contributed by atoms with Gasteiger partial charge in [0.2, 0.25) is 0 Å². The Morgan fingerprint density at radius 2 is 2.05 bits per heavy atom. The molecule has 0 spiro atoms. The number of nitrogens with two attached hydrogens (primary N) is 1. The average Bonchev–Trinajstić information content (AvgIpc) is 2.43. The van der Waals surface area contributed by atoms with Crippen LogP contribution in [-0.4, -0.2) is 31.7 Å². The molecule has 0 radical (unpaired) electrons. The Morgan fingerprint density at radius 3 is 2.59 bits per heavy atom. The number of benzene rings is 1. The predicted octanol–water partition coefficient (Wildman–Crippen LogP) is 2.38. The number of carbonyl (C=O) groups is 1. The fraction of sp³-hybridized carbons (Fsp3) is 0.438. The number of hydrogen-bond donors (Lipinski definition) is 2. The summed E-state index contributed by atoms with van der Waals surface area (Å²) in [5.41, 5.74) is 6.37. The maximum atomic E-state index is 11.7. The Bertz CT molecular complexity index is 511. The standard InChI is InChI=1S/C16H24N2O3.ClH/c1-5-6-12-7-8-13(14(9-12)20-4)21-10-15(19)18-11-16(2,3)17;/h5-9H,10-11,17H2,1-4H3,(H,18,19);1H/b6-5+;. The van der Waals surface area contributed by atoms with Crippen LogP contribution in [-0.2, 0) is 4.79 Å². The van der Waals surface area contributed by atoms with Crippen molar-refractivity contribution in [3.8, 4) is 11.5 Å². The molecule has 124 valence electrons. The van der Waals surface area contributed by atoms with Crippen molar-refractivity contribution < 1.29 is 14.3 Å². The van der Waals surface area contributed by atoms with Gasteiger partial charge in [0.25, 0.3) is 5.91 Å². The van der Waals surface area contributed by atoms with Gasteiger partial charge in [-0.15, -0.1) is 12.4 Å². The van der Waals surface area contributed by atoms with E-state index in [1.165, 1.54) is 0 Å². The summed E-state index contributed by atoms with van der Waals surface area (Å²) in [5.74, 6) is 0.915. The Morgan fingerprint density at radius 1 is 1.36 bits per heavy atom. The van der Waals surface area contributed by atoms with Gasteiger partial charge in [-0.05, 0) is 38.5 Å². The molecule has 0 aliphatic rings. The minimum Gasteiger partial charge on any atom is -0.493 e. The lowest BCUT2D eigenvalue weighted by atomic mass is 10.1. The van der Waals surface area contributed by atoms with Gasteiger partial charge in [-0.1, -0.05) is 18.2 Å². The predicted molar refractivity (Wildman–Crippen MR) is 91.7 cm³/mol. The van der Waals surface area contributed by atoms with Crippen molar-refractivity contribution >= 4 is 24.4 Å². The van der Waals surface area contributed by atoms with E-state index in [2.05, 4.69) is 5.32 Å². The van der Waals surface area contributed by atoms with Crippen molar-refractivity contribution in [1.29, 1.82) is 0 Å². The van der Waals surface area contributed by atoms with Crippen LogP contribution < -0.4 is 20.5 Å². The number of rotatable bonds is 7. The highest BCUT2D eigenvalue weighted by Crippen LogP contribution is 2.28. The minimum absolute atomic E-state index is 0. The second kappa shape index (κ2) is 9.33. The molecule has 1 aromatic carbocycles. The van der Waals surface area contributed by atoms with Gasteiger partial charge in [0.1, 0.15) is 0 Å². The van der Waals surface area contributed by atoms with Crippen molar-refractivity contribution in [2.45, 2.75) is 26.3 Å². The molecule has 0 bridgehead atoms. The molecule has 0 saturated heterocycles. The first-order chi connectivity index (χ1) is 9.85. The zero-order valence-electron chi connectivity index (χ0n) is 13.5. The normalized spacial score (nSPS) is 11.0. The number of methoxy groups -OCH3 is 1. The Labute approximate surface area is 138 Å². The first-order valence-corrected chi connectivity index (χ1v) is 6.85. The second-order valence-corrected chi connectivity index (χ2v) is 5.46. The molecular formula is C16H25ClN2O3. The molecule has 3 N–H and O–H groups in total. The highest BCUT2D eigenvalue weighted by Gasteiger charge is 2.13. The lowest BCUT2D eigenvalue weighted by molar-refractivity contribution is -0.123. The summed E-state index contributed by atoms with van der Waals surface area (Å²) < 4.78 is 10.8. The minimum atomic E-state index is -0.443. The van der Waals surface area contributed by atoms with Crippen LogP contribution in [0.5, 0.6) is 11.5 Å². The Balaban J connectivity index is 0.00000441. The third-order valence-corrected chi connectivity index (χ3v) is 2.65. The molecule has 0 fully saturated rings. The van der Waals surface area contributed by atoms with E-state index in [9.17, 15) is 4.79 Å². The summed E-state index contributed by atoms with van der Waals surface area (Å²) in [7, 11) is 1.57. The lowest BCUT2D eigenvalue weighted by Crippen LogP contribution is -2.46. The van der Waals surface area contributed by atoms with Gasteiger partial charge in [0, 0.05) is 12.1 Å². The number of ether oxygens (including phenoxy) is 2. The topological polar surface area (TPSA) is 73.6 Å². The quantitative estimate of drug-likeness (QED) is 0.806. The first kappa shape index (κ1) is 20.3. The molecule has 1 rings (SSSR count). The Hall–Kier alpha value is -1.72. The molecular weight excluding hydrogens is 304 g/mol. The fourth-order valence-electron chi connectivity index (χ4n) is 1.62. The summed E-state index contributed by atoms with van der Waals surface area (Å²) in [4.78, 5) is 11.7. The van der Waals surface area contributed by atoms with Crippen LogP contribution in [0.15, 0.2) is 24.3 Å². The van der Waals surface area contributed by atoms with Gasteiger partial charge < -0.3 is 20.5 Å². The van der Waals surface area contributed by atoms with Gasteiger partial charge in [-0.2, -0.15) is 0 Å². The SMILES string of the molecule is C/C=C/c1ccc(OCC(=O)NCC(C)(C)N)c(OC)c1.Cl. The smallest absolute Gasteiger partial charge is 0.258 e. The molecule has 0 atom stereocenters. The van der Waals surface area contributed by atoms with E-state index in [-0.39, 0.29) is 24.9 Å². The Kier molecular flexibility index (Phi) is 8.60. The maximum absolute atomic E-state index is 11.7. The molecule has 0 saturated carbocycles. The summed E-state index contributed by atoms with van der Waals surface area (Å²) in [6.07, 6.45) is 3.90. The zero-order valence-corrected chi connectivity index (χ0v) is 14.3. The van der Waals surface area contributed by atoms with E-state index in [0.29, 0.717) is 18.0 Å². The summed E-state index contributed by atoms with van der Waals surface area (Å²) in [6, 6.07) is 5.54. The summed E-state index contributed by atoms with van der Waals surface area (Å²) >= 11 is 0. The highest BCUT2D eigenvalue weighted by atomic mass is 35.5. The van der Waals surface area contributed by atoms with Crippen LogP contribution in [0.2, 0.25) is 0 Å². The fourth-order valence-corrected chi connectivity index (χ4v) is 1.62. The molecule has 0 aromatic heterocycles. The number of nitrogens with one attached hydrogen (secondary N) is 1.